The minimum Gasteiger partial charge on any atom is -0.423 e. The number of carbonyl (C=O) groups excluding carboxylic acids is 2. The van der Waals surface area contributed by atoms with Gasteiger partial charge < -0.3 is 9.26 Å². The van der Waals surface area contributed by atoms with Crippen LogP contribution in [0.25, 0.3) is 22.4 Å². The Balaban J connectivity index is 1.77. The van der Waals surface area contributed by atoms with E-state index in [1.165, 1.54) is 6.92 Å². The number of pyridine rings is 1. The van der Waals surface area contributed by atoms with E-state index in [2.05, 4.69) is 10.1 Å². The van der Waals surface area contributed by atoms with Crippen LogP contribution in [0.5, 0.6) is 5.75 Å². The summed E-state index contributed by atoms with van der Waals surface area (Å²) in [6.45, 7) is 7.28. The third kappa shape index (κ3) is 3.56. The molecule has 0 N–H and O–H groups in total. The van der Waals surface area contributed by atoms with Crippen LogP contribution in [0.3, 0.4) is 0 Å². The van der Waals surface area contributed by atoms with Gasteiger partial charge in [0.2, 0.25) is 0 Å². The summed E-state index contributed by atoms with van der Waals surface area (Å²) >= 11 is 1.67. The zero-order chi connectivity index (χ0) is 20.7. The first-order valence-electron chi connectivity index (χ1n) is 9.01. The van der Waals surface area contributed by atoms with Crippen LogP contribution in [0.15, 0.2) is 40.9 Å². The quantitative estimate of drug-likeness (QED) is 0.260. The Kier molecular flexibility index (Phi) is 4.76. The van der Waals surface area contributed by atoms with Crippen molar-refractivity contribution in [1.29, 1.82) is 0 Å². The summed E-state index contributed by atoms with van der Waals surface area (Å²) in [6.07, 6.45) is 0. The predicted molar refractivity (Wildman–Crippen MR) is 111 cm³/mol. The second-order valence-corrected chi connectivity index (χ2v) is 8.26. The van der Waals surface area contributed by atoms with Crippen LogP contribution in [-0.4, -0.2) is 21.9 Å². The molecule has 3 heterocycles. The third-order valence-corrected chi connectivity index (χ3v) is 5.59. The Morgan fingerprint density at radius 1 is 1.07 bits per heavy atom. The van der Waals surface area contributed by atoms with Gasteiger partial charge in [0.25, 0.3) is 5.71 Å². The molecular weight excluding hydrogens is 388 g/mol. The third-order valence-electron chi connectivity index (χ3n) is 4.63. The van der Waals surface area contributed by atoms with Gasteiger partial charge in [-0.15, -0.1) is 11.3 Å². The Hall–Kier alpha value is -3.32. The zero-order valence-electron chi connectivity index (χ0n) is 16.4. The topological polar surface area (TPSA) is 82.3 Å². The van der Waals surface area contributed by atoms with Crippen molar-refractivity contribution < 1.29 is 18.8 Å². The first kappa shape index (κ1) is 19.0. The molecular formula is C22H18N2O4S. The van der Waals surface area contributed by atoms with E-state index in [9.17, 15) is 9.59 Å². The minimum absolute atomic E-state index is 0.0510. The van der Waals surface area contributed by atoms with Crippen molar-refractivity contribution in [2.24, 2.45) is 0 Å². The molecule has 0 radical (unpaired) electrons. The molecule has 0 spiro atoms. The van der Waals surface area contributed by atoms with Crippen molar-refractivity contribution in [3.63, 3.8) is 0 Å². The van der Waals surface area contributed by atoms with Gasteiger partial charge in [-0.1, -0.05) is 5.16 Å². The van der Waals surface area contributed by atoms with Crippen LogP contribution in [0.4, 0.5) is 0 Å². The Labute approximate surface area is 171 Å². The lowest BCUT2D eigenvalue weighted by Gasteiger charge is -2.08. The van der Waals surface area contributed by atoms with E-state index in [0.717, 1.165) is 15.3 Å². The van der Waals surface area contributed by atoms with Crippen LogP contribution in [0.1, 0.15) is 43.1 Å². The molecule has 0 aliphatic heterocycles. The number of hydrogen-bond acceptors (Lipinski definition) is 7. The molecule has 3 aromatic heterocycles. The van der Waals surface area contributed by atoms with E-state index >= 15 is 0 Å². The molecule has 4 aromatic rings. The number of Topliss-reactive ketones (excluding diaryl/α,β-unsaturated/α-hetero) is 1. The van der Waals surface area contributed by atoms with Crippen molar-refractivity contribution in [1.82, 2.24) is 10.1 Å². The molecule has 6 nitrogen and oxygen atoms in total. The lowest BCUT2D eigenvalue weighted by atomic mass is 10.1. The molecule has 0 fully saturated rings. The normalized spacial score (nSPS) is 11.0. The number of hydrogen-bond donors (Lipinski definition) is 0. The molecule has 4 rings (SSSR count). The number of ketones is 1. The highest BCUT2D eigenvalue weighted by atomic mass is 32.1. The average Bonchev–Trinajstić information content (AvgIpc) is 3.23. The number of esters is 1. The van der Waals surface area contributed by atoms with Crippen LogP contribution in [0, 0.1) is 20.8 Å². The summed E-state index contributed by atoms with van der Waals surface area (Å²) < 4.78 is 10.9. The maximum atomic E-state index is 13.0. The molecule has 0 unspecified atom stereocenters. The monoisotopic (exact) mass is 406 g/mol. The second kappa shape index (κ2) is 7.25. The first-order chi connectivity index (χ1) is 13.8. The highest BCUT2D eigenvalue weighted by Crippen LogP contribution is 2.33. The number of carbonyl (C=O) groups is 2. The lowest BCUT2D eigenvalue weighted by molar-refractivity contribution is 0.0736. The minimum atomic E-state index is -0.537. The van der Waals surface area contributed by atoms with Crippen LogP contribution < -0.4 is 4.74 Å². The van der Waals surface area contributed by atoms with E-state index in [-0.39, 0.29) is 5.78 Å². The molecule has 146 valence electrons. The smallest absolute Gasteiger partial charge is 0.344 e. The SMILES string of the molecule is CC(=O)c1ccc(OC(=O)c2cc(-c3cc(C)sc3C)nc3onc(C)c23)cc1. The summed E-state index contributed by atoms with van der Waals surface area (Å²) in [7, 11) is 0. The van der Waals surface area contributed by atoms with Crippen molar-refractivity contribution in [2.45, 2.75) is 27.7 Å². The van der Waals surface area contributed by atoms with Gasteiger partial charge in [-0.2, -0.15) is 0 Å². The molecule has 0 amide bonds. The molecule has 29 heavy (non-hydrogen) atoms. The summed E-state index contributed by atoms with van der Waals surface area (Å²) in [6, 6.07) is 10.2. The van der Waals surface area contributed by atoms with E-state index in [1.54, 1.807) is 48.6 Å². The largest absolute Gasteiger partial charge is 0.423 e. The highest BCUT2D eigenvalue weighted by Gasteiger charge is 2.22. The summed E-state index contributed by atoms with van der Waals surface area (Å²) in [5.41, 5.74) is 3.33. The van der Waals surface area contributed by atoms with Gasteiger partial charge in [0, 0.05) is 20.9 Å². The van der Waals surface area contributed by atoms with Crippen LogP contribution >= 0.6 is 11.3 Å². The van der Waals surface area contributed by atoms with Gasteiger partial charge in [0.15, 0.2) is 5.78 Å². The fraction of sp³-hybridized carbons (Fsp3) is 0.182. The number of fused-ring (bicyclic) bond motifs is 1. The first-order valence-corrected chi connectivity index (χ1v) is 9.82. The van der Waals surface area contributed by atoms with Crippen molar-refractivity contribution in [2.75, 3.05) is 0 Å². The molecule has 0 aliphatic carbocycles. The molecule has 1 aromatic carbocycles. The number of thiophene rings is 1. The van der Waals surface area contributed by atoms with Crippen molar-refractivity contribution in [3.05, 3.63) is 63.0 Å². The van der Waals surface area contributed by atoms with Crippen LogP contribution in [-0.2, 0) is 0 Å². The van der Waals surface area contributed by atoms with Crippen molar-refractivity contribution >= 4 is 34.2 Å². The van der Waals surface area contributed by atoms with E-state index in [1.807, 2.05) is 19.9 Å². The van der Waals surface area contributed by atoms with Gasteiger partial charge in [-0.3, -0.25) is 4.79 Å². The number of aryl methyl sites for hydroxylation is 3. The van der Waals surface area contributed by atoms with Gasteiger partial charge in [0.05, 0.1) is 22.3 Å². The number of ether oxygens (including phenoxy) is 1. The molecule has 0 atom stereocenters. The Morgan fingerprint density at radius 3 is 2.41 bits per heavy atom. The van der Waals surface area contributed by atoms with Gasteiger partial charge in [0.1, 0.15) is 5.75 Å². The average molecular weight is 406 g/mol. The van der Waals surface area contributed by atoms with Crippen LogP contribution in [0.2, 0.25) is 0 Å². The van der Waals surface area contributed by atoms with Gasteiger partial charge >= 0.3 is 5.97 Å². The number of benzene rings is 1. The van der Waals surface area contributed by atoms with E-state index in [0.29, 0.717) is 39.4 Å². The Morgan fingerprint density at radius 2 is 1.79 bits per heavy atom. The van der Waals surface area contributed by atoms with Gasteiger partial charge in [-0.05, 0) is 64.1 Å². The summed E-state index contributed by atoms with van der Waals surface area (Å²) in [5, 5.41) is 4.49. The molecule has 0 saturated heterocycles. The van der Waals surface area contributed by atoms with Gasteiger partial charge in [-0.25, -0.2) is 9.78 Å². The lowest BCUT2D eigenvalue weighted by Crippen LogP contribution is -2.10. The number of aromatic nitrogens is 2. The standard InChI is InChI=1S/C22H18N2O4S/c1-11-9-17(14(4)29-11)19-10-18(20-12(2)24-28-21(20)23-19)22(26)27-16-7-5-15(6-8-16)13(3)25/h5-10H,1-4H3. The molecule has 0 saturated carbocycles. The zero-order valence-corrected chi connectivity index (χ0v) is 17.2. The van der Waals surface area contributed by atoms with E-state index < -0.39 is 5.97 Å². The molecule has 7 heteroatoms. The van der Waals surface area contributed by atoms with Crippen molar-refractivity contribution in [3.8, 4) is 17.0 Å². The summed E-state index contributed by atoms with van der Waals surface area (Å²) in [4.78, 5) is 31.2. The predicted octanol–water partition coefficient (Wildman–Crippen LogP) is 5.30. The molecule has 0 bridgehead atoms. The number of nitrogens with zero attached hydrogens (tertiary/aromatic N) is 2. The number of rotatable bonds is 4. The fourth-order valence-electron chi connectivity index (χ4n) is 3.20. The summed E-state index contributed by atoms with van der Waals surface area (Å²) in [5.74, 6) is -0.238. The molecule has 0 aliphatic rings. The maximum Gasteiger partial charge on any atom is 0.344 e. The maximum absolute atomic E-state index is 13.0. The second-order valence-electron chi connectivity index (χ2n) is 6.80. The van der Waals surface area contributed by atoms with E-state index in [4.69, 9.17) is 9.26 Å². The fourth-order valence-corrected chi connectivity index (χ4v) is 4.13. The highest BCUT2D eigenvalue weighted by molar-refractivity contribution is 7.12. The Bertz CT molecular complexity index is 1250.